The Kier molecular flexibility index (Phi) is 4.42. The molecule has 1 atom stereocenters. The summed E-state index contributed by atoms with van der Waals surface area (Å²) in [6, 6.07) is 8.44. The molecule has 0 bridgehead atoms. The highest BCUT2D eigenvalue weighted by Gasteiger charge is 2.27. The van der Waals surface area contributed by atoms with Gasteiger partial charge in [0.1, 0.15) is 0 Å². The molecule has 0 N–H and O–H groups in total. The van der Waals surface area contributed by atoms with Crippen molar-refractivity contribution in [1.29, 1.82) is 0 Å². The largest absolute Gasteiger partial charge is 0.303 e. The average Bonchev–Trinajstić information content (AvgIpc) is 3.23. The summed E-state index contributed by atoms with van der Waals surface area (Å²) in [6.07, 6.45) is 9.67. The standard InChI is InChI=1S/C18H20N6S/c1-22-17(15-6-3-9-20-12-15)21-24(18(22)25)13-23-10-4-7-16(23)14-5-2-8-19-11-14/h2-3,5-6,8-9,11-12,16H,4,7,10,13H2,1H3. The van der Waals surface area contributed by atoms with Crippen LogP contribution in [0.15, 0.2) is 49.1 Å². The SMILES string of the molecule is Cn1c(-c2cccnc2)nn(CN2CCCC2c2cccnc2)c1=S. The quantitative estimate of drug-likeness (QED) is 0.675. The second-order valence-corrected chi connectivity index (χ2v) is 6.67. The van der Waals surface area contributed by atoms with E-state index in [4.69, 9.17) is 17.3 Å². The lowest BCUT2D eigenvalue weighted by atomic mass is 10.1. The topological polar surface area (TPSA) is 51.8 Å². The zero-order chi connectivity index (χ0) is 17.2. The van der Waals surface area contributed by atoms with Crippen LogP contribution >= 0.6 is 12.2 Å². The van der Waals surface area contributed by atoms with Crippen molar-refractivity contribution in [2.75, 3.05) is 6.54 Å². The van der Waals surface area contributed by atoms with Crippen LogP contribution in [0.4, 0.5) is 0 Å². The molecule has 0 aromatic carbocycles. The van der Waals surface area contributed by atoms with E-state index in [-0.39, 0.29) is 0 Å². The number of rotatable bonds is 4. The molecule has 6 nitrogen and oxygen atoms in total. The zero-order valence-electron chi connectivity index (χ0n) is 14.1. The van der Waals surface area contributed by atoms with Gasteiger partial charge in [-0.05, 0) is 48.8 Å². The fraction of sp³-hybridized carbons (Fsp3) is 0.333. The van der Waals surface area contributed by atoms with Gasteiger partial charge in [0.2, 0.25) is 0 Å². The summed E-state index contributed by atoms with van der Waals surface area (Å²) in [4.78, 5) is 10.9. The summed E-state index contributed by atoms with van der Waals surface area (Å²) in [5.41, 5.74) is 2.23. The number of nitrogens with zero attached hydrogens (tertiary/aromatic N) is 6. The number of hydrogen-bond acceptors (Lipinski definition) is 5. The molecule has 4 rings (SSSR count). The minimum absolute atomic E-state index is 0.374. The molecule has 0 aliphatic carbocycles. The van der Waals surface area contributed by atoms with Gasteiger partial charge in [-0.3, -0.25) is 14.9 Å². The van der Waals surface area contributed by atoms with Crippen molar-refractivity contribution in [3.05, 3.63) is 59.4 Å². The Morgan fingerprint density at radius 2 is 1.96 bits per heavy atom. The van der Waals surface area contributed by atoms with E-state index < -0.39 is 0 Å². The molecule has 7 heteroatoms. The van der Waals surface area contributed by atoms with E-state index >= 15 is 0 Å². The van der Waals surface area contributed by atoms with Gasteiger partial charge in [0.05, 0.1) is 6.67 Å². The van der Waals surface area contributed by atoms with Crippen molar-refractivity contribution in [3.63, 3.8) is 0 Å². The highest BCUT2D eigenvalue weighted by atomic mass is 32.1. The molecule has 3 aromatic heterocycles. The molecule has 1 aliphatic rings. The number of likely N-dealkylation sites (tertiary alicyclic amines) is 1. The van der Waals surface area contributed by atoms with E-state index in [2.05, 4.69) is 20.9 Å². The van der Waals surface area contributed by atoms with Crippen molar-refractivity contribution in [2.24, 2.45) is 7.05 Å². The third-order valence-electron chi connectivity index (χ3n) is 4.71. The molecule has 0 saturated carbocycles. The van der Waals surface area contributed by atoms with Gasteiger partial charge in [0.25, 0.3) is 0 Å². The van der Waals surface area contributed by atoms with Crippen LogP contribution in [0.2, 0.25) is 0 Å². The van der Waals surface area contributed by atoms with Gasteiger partial charge in [-0.2, -0.15) is 5.10 Å². The van der Waals surface area contributed by atoms with E-state index in [0.29, 0.717) is 12.7 Å². The van der Waals surface area contributed by atoms with E-state index in [1.807, 2.05) is 53.1 Å². The van der Waals surface area contributed by atoms with Crippen LogP contribution in [0.5, 0.6) is 0 Å². The van der Waals surface area contributed by atoms with Crippen LogP contribution in [0.1, 0.15) is 24.4 Å². The van der Waals surface area contributed by atoms with Gasteiger partial charge in [-0.1, -0.05) is 6.07 Å². The molecule has 3 aromatic rings. The van der Waals surface area contributed by atoms with Crippen molar-refractivity contribution in [1.82, 2.24) is 29.2 Å². The molecular formula is C18H20N6S. The van der Waals surface area contributed by atoms with Gasteiger partial charge in [0.15, 0.2) is 10.6 Å². The van der Waals surface area contributed by atoms with E-state index in [1.165, 1.54) is 12.0 Å². The second-order valence-electron chi connectivity index (χ2n) is 6.30. The Hall–Kier alpha value is -2.38. The molecule has 1 aliphatic heterocycles. The smallest absolute Gasteiger partial charge is 0.199 e. The molecule has 25 heavy (non-hydrogen) atoms. The maximum absolute atomic E-state index is 5.61. The third kappa shape index (κ3) is 3.12. The van der Waals surface area contributed by atoms with Crippen LogP contribution in [-0.2, 0) is 13.7 Å². The Balaban J connectivity index is 1.62. The maximum atomic E-state index is 5.61. The lowest BCUT2D eigenvalue weighted by Crippen LogP contribution is -2.27. The van der Waals surface area contributed by atoms with E-state index in [0.717, 1.165) is 29.1 Å². The van der Waals surface area contributed by atoms with Gasteiger partial charge in [0, 0.05) is 50.0 Å². The summed E-state index contributed by atoms with van der Waals surface area (Å²) in [6.45, 7) is 1.73. The number of aromatic nitrogens is 5. The van der Waals surface area contributed by atoms with Gasteiger partial charge in [-0.15, -0.1) is 0 Å². The van der Waals surface area contributed by atoms with E-state index in [9.17, 15) is 0 Å². The van der Waals surface area contributed by atoms with Crippen molar-refractivity contribution < 1.29 is 0 Å². The van der Waals surface area contributed by atoms with Crippen molar-refractivity contribution in [2.45, 2.75) is 25.6 Å². The first kappa shape index (κ1) is 16.1. The predicted octanol–water partition coefficient (Wildman–Crippen LogP) is 3.20. The zero-order valence-corrected chi connectivity index (χ0v) is 14.9. The Morgan fingerprint density at radius 1 is 1.16 bits per heavy atom. The Morgan fingerprint density at radius 3 is 2.68 bits per heavy atom. The summed E-state index contributed by atoms with van der Waals surface area (Å²) >= 11 is 5.61. The first-order valence-corrected chi connectivity index (χ1v) is 8.83. The third-order valence-corrected chi connectivity index (χ3v) is 5.19. The highest BCUT2D eigenvalue weighted by molar-refractivity contribution is 7.71. The molecular weight excluding hydrogens is 332 g/mol. The Bertz CT molecular complexity index is 902. The second kappa shape index (κ2) is 6.85. The molecule has 0 amide bonds. The summed E-state index contributed by atoms with van der Waals surface area (Å²) in [5.74, 6) is 0.843. The first-order valence-electron chi connectivity index (χ1n) is 8.42. The predicted molar refractivity (Wildman–Crippen MR) is 98.2 cm³/mol. The highest BCUT2D eigenvalue weighted by Crippen LogP contribution is 2.31. The van der Waals surface area contributed by atoms with Crippen molar-refractivity contribution in [3.8, 4) is 11.4 Å². The van der Waals surface area contributed by atoms with Crippen LogP contribution < -0.4 is 0 Å². The molecule has 4 heterocycles. The molecule has 0 spiro atoms. The summed E-state index contributed by atoms with van der Waals surface area (Å²) in [7, 11) is 1.96. The molecule has 1 saturated heterocycles. The fourth-order valence-electron chi connectivity index (χ4n) is 3.44. The van der Waals surface area contributed by atoms with Gasteiger partial charge < -0.3 is 4.57 Å². The fourth-order valence-corrected chi connectivity index (χ4v) is 3.63. The van der Waals surface area contributed by atoms with Gasteiger partial charge in [-0.25, -0.2) is 4.68 Å². The molecule has 0 radical (unpaired) electrons. The molecule has 1 fully saturated rings. The summed E-state index contributed by atoms with van der Waals surface area (Å²) in [5, 5.41) is 4.75. The van der Waals surface area contributed by atoms with Crippen LogP contribution in [-0.4, -0.2) is 35.8 Å². The molecule has 128 valence electrons. The Labute approximate surface area is 151 Å². The normalized spacial score (nSPS) is 17.9. The van der Waals surface area contributed by atoms with Crippen molar-refractivity contribution >= 4 is 12.2 Å². The minimum atomic E-state index is 0.374. The lowest BCUT2D eigenvalue weighted by molar-refractivity contribution is 0.189. The summed E-state index contributed by atoms with van der Waals surface area (Å²) < 4.78 is 4.57. The lowest BCUT2D eigenvalue weighted by Gasteiger charge is -2.24. The van der Waals surface area contributed by atoms with Gasteiger partial charge >= 0.3 is 0 Å². The number of hydrogen-bond donors (Lipinski definition) is 0. The minimum Gasteiger partial charge on any atom is -0.303 e. The first-order chi connectivity index (χ1) is 12.2. The van der Waals surface area contributed by atoms with Crippen LogP contribution in [0.25, 0.3) is 11.4 Å². The maximum Gasteiger partial charge on any atom is 0.199 e. The van der Waals surface area contributed by atoms with E-state index in [1.54, 1.807) is 6.20 Å². The van der Waals surface area contributed by atoms with Crippen LogP contribution in [0.3, 0.4) is 0 Å². The monoisotopic (exact) mass is 352 g/mol. The average molecular weight is 352 g/mol. The van der Waals surface area contributed by atoms with Crippen LogP contribution in [0, 0.1) is 4.77 Å². The number of pyridine rings is 2. The molecule has 1 unspecified atom stereocenters.